The lowest BCUT2D eigenvalue weighted by atomic mass is 10.1. The molecule has 0 spiro atoms. The molecule has 3 heterocycles. The lowest BCUT2D eigenvalue weighted by Gasteiger charge is -2.19. The number of pyridine rings is 2. The Bertz CT molecular complexity index is 1570. The number of para-hydroxylation sites is 3. The zero-order valence-electron chi connectivity index (χ0n) is 19.2. The molecule has 6 nitrogen and oxygen atoms in total. The van der Waals surface area contributed by atoms with E-state index in [1.165, 1.54) is 0 Å². The number of aromatic nitrogens is 2. The first kappa shape index (κ1) is 21.6. The van der Waals surface area contributed by atoms with Gasteiger partial charge in [0, 0.05) is 23.2 Å². The number of hydrogen-bond acceptors (Lipinski definition) is 6. The van der Waals surface area contributed by atoms with Crippen LogP contribution in [0.25, 0.3) is 27.9 Å². The normalized spacial score (nSPS) is 14.5. The zero-order chi connectivity index (χ0) is 23.6. The van der Waals surface area contributed by atoms with Gasteiger partial charge in [0.25, 0.3) is 0 Å². The minimum atomic E-state index is -2.85. The van der Waals surface area contributed by atoms with Gasteiger partial charge in [-0.05, 0) is 48.9 Å². The van der Waals surface area contributed by atoms with Gasteiger partial charge in [-0.25, -0.2) is 0 Å². The summed E-state index contributed by atoms with van der Waals surface area (Å²) in [5.74, 6) is 1.90. The first-order valence-corrected chi connectivity index (χ1v) is 13.0. The van der Waals surface area contributed by atoms with Crippen molar-refractivity contribution in [2.24, 2.45) is 4.99 Å². The minimum Gasteiger partial charge on any atom is -0.576 e. The summed E-state index contributed by atoms with van der Waals surface area (Å²) in [4.78, 5) is 13.9. The molecule has 0 N–H and O–H groups in total. The molecule has 1 atom stereocenters. The van der Waals surface area contributed by atoms with Gasteiger partial charge in [0.1, 0.15) is 33.6 Å². The fraction of sp³-hybridized carbons (Fsp3) is 0.107. The summed E-state index contributed by atoms with van der Waals surface area (Å²) in [6, 6.07) is 25.7. The highest BCUT2D eigenvalue weighted by molar-refractivity contribution is 6.40. The van der Waals surface area contributed by atoms with E-state index >= 15 is 0 Å². The van der Waals surface area contributed by atoms with Crippen LogP contribution in [0.3, 0.4) is 0 Å². The van der Waals surface area contributed by atoms with E-state index in [-0.39, 0.29) is 6.04 Å². The quantitative estimate of drug-likeness (QED) is 0.339. The Balaban J connectivity index is 1.43. The molecule has 0 amide bonds. The monoisotopic (exact) mass is 475 g/mol. The van der Waals surface area contributed by atoms with Gasteiger partial charge < -0.3 is 11.4 Å². The van der Waals surface area contributed by atoms with Crippen molar-refractivity contribution in [3.63, 3.8) is 0 Å². The maximum Gasteiger partial charge on any atom is 1.20 e. The summed E-state index contributed by atoms with van der Waals surface area (Å²) >= 11 is -2.85. The van der Waals surface area contributed by atoms with E-state index in [2.05, 4.69) is 29.0 Å². The van der Waals surface area contributed by atoms with Crippen LogP contribution < -0.4 is 21.9 Å². The molecular formula is C28H22AlN3O3. The minimum absolute atomic E-state index is 0.193. The van der Waals surface area contributed by atoms with Crippen molar-refractivity contribution in [2.75, 3.05) is 0 Å². The van der Waals surface area contributed by atoms with Crippen molar-refractivity contribution >= 4 is 43.0 Å². The van der Waals surface area contributed by atoms with Crippen molar-refractivity contribution < 1.29 is 11.4 Å². The van der Waals surface area contributed by atoms with E-state index in [0.29, 0.717) is 17.2 Å². The van der Waals surface area contributed by atoms with Crippen molar-refractivity contribution in [3.8, 4) is 17.2 Å². The van der Waals surface area contributed by atoms with Gasteiger partial charge in [0.2, 0.25) is 0 Å². The van der Waals surface area contributed by atoms with Crippen LogP contribution in [0, 0.1) is 0 Å². The molecule has 1 aliphatic heterocycles. The second-order valence-electron chi connectivity index (χ2n) is 8.42. The smallest absolute Gasteiger partial charge is 0.576 e. The number of benzene rings is 3. The van der Waals surface area contributed by atoms with E-state index in [0.717, 1.165) is 38.8 Å². The Morgan fingerprint density at radius 2 is 1.23 bits per heavy atom. The van der Waals surface area contributed by atoms with Crippen LogP contribution in [0.15, 0.2) is 96.2 Å². The Morgan fingerprint density at radius 3 is 1.89 bits per heavy atom. The summed E-state index contributed by atoms with van der Waals surface area (Å²) in [7, 11) is 0. The number of hydrogen-bond donors (Lipinski definition) is 0. The van der Waals surface area contributed by atoms with Gasteiger partial charge in [-0.3, -0.25) is 15.0 Å². The highest BCUT2D eigenvalue weighted by Gasteiger charge is 2.45. The molecular weight excluding hydrogens is 453 g/mol. The average molecular weight is 475 g/mol. The van der Waals surface area contributed by atoms with Gasteiger partial charge in [-0.15, -0.1) is 0 Å². The first-order chi connectivity index (χ1) is 17.2. The molecule has 0 fully saturated rings. The van der Waals surface area contributed by atoms with Gasteiger partial charge in [0.05, 0.1) is 6.04 Å². The molecule has 1 unspecified atom stereocenters. The predicted molar refractivity (Wildman–Crippen MR) is 137 cm³/mol. The molecule has 6 rings (SSSR count). The molecule has 5 aromatic rings. The number of rotatable bonds is 6. The van der Waals surface area contributed by atoms with Crippen molar-refractivity contribution in [3.05, 3.63) is 102 Å². The number of fused-ring (bicyclic) bond motifs is 3. The van der Waals surface area contributed by atoms with Crippen LogP contribution in [-0.4, -0.2) is 31.2 Å². The lowest BCUT2D eigenvalue weighted by molar-refractivity contribution is 0.307. The largest absolute Gasteiger partial charge is 1.20 e. The van der Waals surface area contributed by atoms with Crippen LogP contribution in [0.1, 0.15) is 13.3 Å². The van der Waals surface area contributed by atoms with E-state index in [9.17, 15) is 0 Å². The van der Waals surface area contributed by atoms with Crippen molar-refractivity contribution in [2.45, 2.75) is 19.4 Å². The fourth-order valence-corrected chi connectivity index (χ4v) is 5.57. The van der Waals surface area contributed by atoms with E-state index in [1.807, 2.05) is 72.8 Å². The first-order valence-electron chi connectivity index (χ1n) is 11.6. The third-order valence-corrected chi connectivity index (χ3v) is 7.26. The van der Waals surface area contributed by atoms with Crippen molar-refractivity contribution in [1.29, 1.82) is 0 Å². The molecule has 1 aliphatic rings. The Hall–Kier alpha value is -3.92. The van der Waals surface area contributed by atoms with Crippen LogP contribution in [0.4, 0.5) is 0 Å². The van der Waals surface area contributed by atoms with E-state index in [1.54, 1.807) is 12.4 Å². The summed E-state index contributed by atoms with van der Waals surface area (Å²) in [5, 5.41) is 3.87. The molecule has 0 bridgehead atoms. The molecule has 3 aromatic carbocycles. The Labute approximate surface area is 207 Å². The topological polar surface area (TPSA) is 65.8 Å². The molecule has 0 saturated heterocycles. The standard InChI is InChI=1S/C10H11NO.2C9H7NO.Al/c1-7-5-6-8-3-2-4-9(12)10(8)11-7;2*11-8-5-1-3-7-4-2-6-10-9(7)8;/h2-4,6-7,12H,5H2,1H3;2*1-6,11H;/q;;;+3/p-3. The zero-order valence-corrected chi connectivity index (χ0v) is 20.3. The maximum atomic E-state index is 6.49. The second kappa shape index (κ2) is 9.38. The second-order valence-corrected chi connectivity index (χ2v) is 9.70. The van der Waals surface area contributed by atoms with Crippen molar-refractivity contribution in [1.82, 2.24) is 9.97 Å². The van der Waals surface area contributed by atoms with Gasteiger partial charge in [-0.2, -0.15) is 0 Å². The van der Waals surface area contributed by atoms with Crippen LogP contribution in [0.5, 0.6) is 17.2 Å². The third-order valence-electron chi connectivity index (χ3n) is 5.92. The molecule has 0 saturated carbocycles. The third kappa shape index (κ3) is 4.44. The molecule has 2 aromatic heterocycles. The van der Waals surface area contributed by atoms with E-state index in [4.69, 9.17) is 16.4 Å². The SMILES string of the molecule is CC1CC=c2cccc([O][Al]([O]c3cccc4cccnc34)[O]c3cccc4cccnc34)c2=N1. The number of nitrogens with zero attached hydrogens (tertiary/aromatic N) is 3. The Kier molecular flexibility index (Phi) is 5.79. The van der Waals surface area contributed by atoms with Crippen LogP contribution in [-0.2, 0) is 0 Å². The predicted octanol–water partition coefficient (Wildman–Crippen LogP) is 4.50. The van der Waals surface area contributed by atoms with Crippen LogP contribution in [0.2, 0.25) is 0 Å². The maximum absolute atomic E-state index is 6.49. The highest BCUT2D eigenvalue weighted by atomic mass is 27.3. The summed E-state index contributed by atoms with van der Waals surface area (Å²) in [6.07, 6.45) is 6.62. The lowest BCUT2D eigenvalue weighted by Crippen LogP contribution is -2.41. The summed E-state index contributed by atoms with van der Waals surface area (Å²) < 4.78 is 19.4. The van der Waals surface area contributed by atoms with Gasteiger partial charge >= 0.3 is 15.1 Å². The van der Waals surface area contributed by atoms with E-state index < -0.39 is 15.1 Å². The van der Waals surface area contributed by atoms with Gasteiger partial charge in [-0.1, -0.05) is 54.6 Å². The summed E-state index contributed by atoms with van der Waals surface area (Å²) in [6.45, 7) is 2.10. The fourth-order valence-electron chi connectivity index (χ4n) is 4.23. The average Bonchev–Trinajstić information content (AvgIpc) is 2.89. The van der Waals surface area contributed by atoms with Crippen LogP contribution >= 0.6 is 0 Å². The molecule has 170 valence electrons. The highest BCUT2D eigenvalue weighted by Crippen LogP contribution is 2.27. The Morgan fingerprint density at radius 1 is 0.686 bits per heavy atom. The molecule has 7 heteroatoms. The molecule has 0 radical (unpaired) electrons. The van der Waals surface area contributed by atoms with Gasteiger partial charge in [0.15, 0.2) is 0 Å². The molecule has 0 aliphatic carbocycles. The molecule has 35 heavy (non-hydrogen) atoms. The summed E-state index contributed by atoms with van der Waals surface area (Å²) in [5.41, 5.74) is 1.52.